The van der Waals surface area contributed by atoms with E-state index in [1.807, 2.05) is 0 Å². The Morgan fingerprint density at radius 1 is 1.21 bits per heavy atom. The van der Waals surface area contributed by atoms with Gasteiger partial charge in [-0.25, -0.2) is 0 Å². The predicted octanol–water partition coefficient (Wildman–Crippen LogP) is 3.59. The number of amides is 1. The molecule has 0 aromatic heterocycles. The molecule has 33 heavy (non-hydrogen) atoms. The van der Waals surface area contributed by atoms with Crippen LogP contribution in [-0.4, -0.2) is 35.8 Å². The molecular weight excluding hydrogens is 457 g/mol. The zero-order valence-electron chi connectivity index (χ0n) is 17.6. The van der Waals surface area contributed by atoms with E-state index in [-0.39, 0.29) is 23.5 Å². The van der Waals surface area contributed by atoms with Crippen molar-refractivity contribution in [2.24, 2.45) is 5.73 Å². The van der Waals surface area contributed by atoms with Crippen LogP contribution >= 0.6 is 12.2 Å². The van der Waals surface area contributed by atoms with E-state index in [1.54, 1.807) is 36.9 Å². The smallest absolute Gasteiger partial charge is 0.417 e. The van der Waals surface area contributed by atoms with Crippen molar-refractivity contribution in [1.82, 2.24) is 0 Å². The first kappa shape index (κ1) is 22.8. The summed E-state index contributed by atoms with van der Waals surface area (Å²) in [6.07, 6.45) is -5.04. The predicted molar refractivity (Wildman–Crippen MR) is 118 cm³/mol. The zero-order chi connectivity index (χ0) is 24.1. The standard InChI is InChI=1S/C22H19F3N4O3S/c1-21(2)19(30)28(13-4-3-12(9-26)16(7-13)22(23,24)25)20(33)29(21)14-5-6-17-18(8-14)31-11-15(10-27)32-17/h3-8,15H,10-11,27H2,1-2H3/t15-/m1/s1. The lowest BCUT2D eigenvalue weighted by Gasteiger charge is -2.31. The van der Waals surface area contributed by atoms with Gasteiger partial charge in [0.25, 0.3) is 5.91 Å². The average molecular weight is 476 g/mol. The van der Waals surface area contributed by atoms with E-state index in [2.05, 4.69) is 0 Å². The Balaban J connectivity index is 1.74. The molecular formula is C22H19F3N4O3S. The molecule has 1 atom stereocenters. The normalized spacial score (nSPS) is 19.6. The number of fused-ring (bicyclic) bond motifs is 1. The summed E-state index contributed by atoms with van der Waals surface area (Å²) in [5, 5.41) is 9.05. The highest BCUT2D eigenvalue weighted by Crippen LogP contribution is 2.42. The SMILES string of the molecule is CC1(C)C(=O)N(c2ccc(C#N)c(C(F)(F)F)c2)C(=S)N1c1ccc2c(c1)OC[C@@H](CN)O2. The molecule has 4 rings (SSSR count). The Bertz CT molecular complexity index is 1190. The first-order valence-electron chi connectivity index (χ1n) is 9.92. The number of alkyl halides is 3. The topological polar surface area (TPSA) is 91.8 Å². The van der Waals surface area contributed by atoms with E-state index in [9.17, 15) is 18.0 Å². The molecule has 2 aromatic carbocycles. The third-order valence-electron chi connectivity index (χ3n) is 5.52. The van der Waals surface area contributed by atoms with Gasteiger partial charge in [-0.05, 0) is 56.4 Å². The highest BCUT2D eigenvalue weighted by molar-refractivity contribution is 7.81. The Hall–Kier alpha value is -3.36. The summed E-state index contributed by atoms with van der Waals surface area (Å²) in [5.74, 6) is 0.427. The number of carbonyl (C=O) groups excluding carboxylic acids is 1. The monoisotopic (exact) mass is 476 g/mol. The van der Waals surface area contributed by atoms with Crippen LogP contribution < -0.4 is 25.0 Å². The summed E-state index contributed by atoms with van der Waals surface area (Å²) in [6, 6.07) is 9.61. The molecule has 2 aromatic rings. The molecule has 0 radical (unpaired) electrons. The van der Waals surface area contributed by atoms with E-state index in [0.29, 0.717) is 23.7 Å². The van der Waals surface area contributed by atoms with Gasteiger partial charge in [-0.2, -0.15) is 18.4 Å². The van der Waals surface area contributed by atoms with Crippen molar-refractivity contribution in [3.63, 3.8) is 0 Å². The number of anilines is 2. The highest BCUT2D eigenvalue weighted by Gasteiger charge is 2.51. The fraction of sp³-hybridized carbons (Fsp3) is 0.318. The van der Waals surface area contributed by atoms with E-state index < -0.39 is 28.7 Å². The van der Waals surface area contributed by atoms with Gasteiger partial charge in [-0.1, -0.05) is 0 Å². The number of rotatable bonds is 3. The second-order valence-corrected chi connectivity index (χ2v) is 8.44. The highest BCUT2D eigenvalue weighted by atomic mass is 32.1. The van der Waals surface area contributed by atoms with Gasteiger partial charge in [-0.15, -0.1) is 0 Å². The molecule has 1 amide bonds. The number of nitriles is 1. The minimum atomic E-state index is -4.77. The van der Waals surface area contributed by atoms with Gasteiger partial charge >= 0.3 is 6.18 Å². The second-order valence-electron chi connectivity index (χ2n) is 8.07. The summed E-state index contributed by atoms with van der Waals surface area (Å²) in [6.45, 7) is 3.80. The molecule has 172 valence electrons. The molecule has 7 nitrogen and oxygen atoms in total. The van der Waals surface area contributed by atoms with Gasteiger partial charge in [0.05, 0.1) is 22.9 Å². The van der Waals surface area contributed by atoms with Crippen LogP contribution in [0.25, 0.3) is 0 Å². The number of carbonyl (C=O) groups is 1. The molecule has 1 fully saturated rings. The third kappa shape index (κ3) is 3.75. The molecule has 0 aliphatic carbocycles. The molecule has 2 aliphatic heterocycles. The van der Waals surface area contributed by atoms with Crippen LogP contribution in [0, 0.1) is 11.3 Å². The number of hydrogen-bond acceptors (Lipinski definition) is 6. The van der Waals surface area contributed by atoms with Gasteiger partial charge in [0.1, 0.15) is 18.2 Å². The molecule has 2 heterocycles. The van der Waals surface area contributed by atoms with Crippen LogP contribution in [-0.2, 0) is 11.0 Å². The molecule has 11 heteroatoms. The van der Waals surface area contributed by atoms with E-state index in [1.165, 1.54) is 12.1 Å². The molecule has 0 bridgehead atoms. The molecule has 0 unspecified atom stereocenters. The largest absolute Gasteiger partial charge is 0.486 e. The molecule has 1 saturated heterocycles. The van der Waals surface area contributed by atoms with E-state index in [4.69, 9.17) is 32.7 Å². The van der Waals surface area contributed by atoms with Crippen molar-refractivity contribution in [1.29, 1.82) is 5.26 Å². The van der Waals surface area contributed by atoms with Gasteiger partial charge in [0, 0.05) is 18.3 Å². The number of ether oxygens (including phenoxy) is 2. The number of nitrogens with zero attached hydrogens (tertiary/aromatic N) is 3. The molecule has 2 aliphatic rings. The van der Waals surface area contributed by atoms with Crippen molar-refractivity contribution in [3.8, 4) is 17.6 Å². The van der Waals surface area contributed by atoms with Gasteiger partial charge < -0.3 is 20.1 Å². The summed E-state index contributed by atoms with van der Waals surface area (Å²) in [5.41, 5.74) is 3.19. The number of nitrogens with two attached hydrogens (primary N) is 1. The quantitative estimate of drug-likeness (QED) is 0.677. The number of halogens is 3. The van der Waals surface area contributed by atoms with Gasteiger partial charge in [0.2, 0.25) is 0 Å². The van der Waals surface area contributed by atoms with E-state index >= 15 is 0 Å². The number of hydrogen-bond donors (Lipinski definition) is 1. The van der Waals surface area contributed by atoms with Crippen LogP contribution in [0.2, 0.25) is 0 Å². The summed E-state index contributed by atoms with van der Waals surface area (Å²) in [7, 11) is 0. The van der Waals surface area contributed by atoms with E-state index in [0.717, 1.165) is 17.0 Å². The van der Waals surface area contributed by atoms with Gasteiger partial charge in [-0.3, -0.25) is 9.69 Å². The molecule has 2 N–H and O–H groups in total. The van der Waals surface area contributed by atoms with Crippen LogP contribution in [0.3, 0.4) is 0 Å². The lowest BCUT2D eigenvalue weighted by molar-refractivity contribution is -0.137. The zero-order valence-corrected chi connectivity index (χ0v) is 18.5. The fourth-order valence-electron chi connectivity index (χ4n) is 3.82. The van der Waals surface area contributed by atoms with Crippen molar-refractivity contribution < 1.29 is 27.4 Å². The lowest BCUT2D eigenvalue weighted by Crippen LogP contribution is -2.44. The Morgan fingerprint density at radius 3 is 2.55 bits per heavy atom. The summed E-state index contributed by atoms with van der Waals surface area (Å²) < 4.78 is 51.9. The van der Waals surface area contributed by atoms with Crippen molar-refractivity contribution >= 4 is 34.6 Å². The maximum Gasteiger partial charge on any atom is 0.417 e. The average Bonchev–Trinajstić information content (AvgIpc) is 2.95. The third-order valence-corrected chi connectivity index (χ3v) is 5.89. The first-order valence-corrected chi connectivity index (χ1v) is 10.3. The van der Waals surface area contributed by atoms with Crippen LogP contribution in [0.5, 0.6) is 11.5 Å². The van der Waals surface area contributed by atoms with Crippen LogP contribution in [0.1, 0.15) is 25.0 Å². The number of thiocarbonyl (C=S) groups is 1. The number of benzene rings is 2. The van der Waals surface area contributed by atoms with Crippen molar-refractivity contribution in [2.45, 2.75) is 31.7 Å². The molecule has 0 saturated carbocycles. The van der Waals surface area contributed by atoms with Crippen molar-refractivity contribution in [3.05, 3.63) is 47.5 Å². The molecule has 0 spiro atoms. The maximum atomic E-state index is 13.5. The minimum absolute atomic E-state index is 0.000607. The second kappa shape index (κ2) is 7.90. The van der Waals surface area contributed by atoms with Crippen LogP contribution in [0.4, 0.5) is 24.5 Å². The Kier molecular flexibility index (Phi) is 5.46. The Labute approximate surface area is 193 Å². The minimum Gasteiger partial charge on any atom is -0.486 e. The van der Waals surface area contributed by atoms with Gasteiger partial charge in [0.15, 0.2) is 16.6 Å². The fourth-order valence-corrected chi connectivity index (χ4v) is 4.34. The lowest BCUT2D eigenvalue weighted by atomic mass is 10.0. The summed E-state index contributed by atoms with van der Waals surface area (Å²) in [4.78, 5) is 15.9. The Morgan fingerprint density at radius 2 is 1.91 bits per heavy atom. The maximum absolute atomic E-state index is 13.5. The van der Waals surface area contributed by atoms with Crippen LogP contribution in [0.15, 0.2) is 36.4 Å². The first-order chi connectivity index (χ1) is 15.5. The van der Waals surface area contributed by atoms with Crippen molar-refractivity contribution in [2.75, 3.05) is 23.0 Å². The summed E-state index contributed by atoms with van der Waals surface area (Å²) >= 11 is 5.54.